The van der Waals surface area contributed by atoms with Crippen LogP contribution in [0.3, 0.4) is 0 Å². The molecule has 0 amide bonds. The predicted octanol–water partition coefficient (Wildman–Crippen LogP) is 1.39. The van der Waals surface area contributed by atoms with Crippen molar-refractivity contribution < 1.29 is 0 Å². The van der Waals surface area contributed by atoms with Gasteiger partial charge in [0.1, 0.15) is 5.52 Å². The largest absolute Gasteiger partial charge is 0.318 e. The molecule has 1 fully saturated rings. The molecule has 0 aromatic carbocycles. The number of hydrogen-bond donors (Lipinski definition) is 1. The minimum Gasteiger partial charge on any atom is -0.318 e. The lowest BCUT2D eigenvalue weighted by atomic mass is 10.1. The van der Waals surface area contributed by atoms with Crippen LogP contribution in [-0.2, 0) is 7.05 Å². The van der Waals surface area contributed by atoms with Crippen LogP contribution in [0.4, 0.5) is 0 Å². The average Bonchev–Trinajstić information content (AvgIpc) is 2.88. The summed E-state index contributed by atoms with van der Waals surface area (Å²) in [7, 11) is 1.98. The van der Waals surface area contributed by atoms with E-state index in [9.17, 15) is 0 Å². The van der Waals surface area contributed by atoms with Gasteiger partial charge in [0.15, 0.2) is 5.65 Å². The second-order valence-corrected chi connectivity index (χ2v) is 4.08. The van der Waals surface area contributed by atoms with Crippen LogP contribution in [0.5, 0.6) is 0 Å². The molecule has 4 nitrogen and oxygen atoms in total. The Morgan fingerprint density at radius 3 is 3.20 bits per heavy atom. The summed E-state index contributed by atoms with van der Waals surface area (Å²) in [5, 5.41) is 3.50. The third kappa shape index (κ3) is 1.33. The maximum Gasteiger partial charge on any atom is 0.159 e. The zero-order valence-corrected chi connectivity index (χ0v) is 8.77. The van der Waals surface area contributed by atoms with E-state index >= 15 is 0 Å². The summed E-state index contributed by atoms with van der Waals surface area (Å²) in [5.41, 5.74) is 3.30. The standard InChI is InChI=1S/C11H14N4/c1-15-7-14-10-8(4-6-13-11(10)15)9-3-2-5-12-9/h4,6-7,9,12H,2-3,5H2,1H3. The molecule has 1 atom stereocenters. The molecule has 1 aliphatic heterocycles. The van der Waals surface area contributed by atoms with Crippen molar-refractivity contribution in [1.82, 2.24) is 19.9 Å². The van der Waals surface area contributed by atoms with E-state index in [1.165, 1.54) is 18.4 Å². The minimum absolute atomic E-state index is 0.463. The van der Waals surface area contributed by atoms with E-state index in [0.717, 1.165) is 17.7 Å². The first-order valence-corrected chi connectivity index (χ1v) is 5.35. The number of nitrogens with one attached hydrogen (secondary N) is 1. The van der Waals surface area contributed by atoms with Gasteiger partial charge in [-0.2, -0.15) is 0 Å². The highest BCUT2D eigenvalue weighted by atomic mass is 15.1. The number of aryl methyl sites for hydroxylation is 1. The molecule has 1 unspecified atom stereocenters. The highest BCUT2D eigenvalue weighted by molar-refractivity contribution is 5.75. The van der Waals surface area contributed by atoms with Crippen molar-refractivity contribution in [2.24, 2.45) is 7.05 Å². The third-order valence-electron chi connectivity index (χ3n) is 3.07. The van der Waals surface area contributed by atoms with Crippen molar-refractivity contribution in [2.75, 3.05) is 6.54 Å². The Bertz CT molecular complexity index is 482. The smallest absolute Gasteiger partial charge is 0.159 e. The molecule has 2 aromatic rings. The number of nitrogens with zero attached hydrogens (tertiary/aromatic N) is 3. The Labute approximate surface area is 88.3 Å². The first kappa shape index (κ1) is 8.85. The molecule has 1 N–H and O–H groups in total. The average molecular weight is 202 g/mol. The van der Waals surface area contributed by atoms with Crippen LogP contribution in [0, 0.1) is 0 Å². The van der Waals surface area contributed by atoms with Gasteiger partial charge in [-0.3, -0.25) is 0 Å². The van der Waals surface area contributed by atoms with Gasteiger partial charge in [-0.15, -0.1) is 0 Å². The second kappa shape index (κ2) is 3.31. The summed E-state index contributed by atoms with van der Waals surface area (Å²) in [6.07, 6.45) is 6.16. The van der Waals surface area contributed by atoms with Crippen LogP contribution in [0.2, 0.25) is 0 Å². The van der Waals surface area contributed by atoms with Crippen LogP contribution in [0.15, 0.2) is 18.6 Å². The van der Waals surface area contributed by atoms with Crippen molar-refractivity contribution in [3.05, 3.63) is 24.2 Å². The fourth-order valence-corrected chi connectivity index (χ4v) is 2.28. The molecule has 2 aromatic heterocycles. The van der Waals surface area contributed by atoms with Gasteiger partial charge in [-0.25, -0.2) is 9.97 Å². The number of imidazole rings is 1. The van der Waals surface area contributed by atoms with Gasteiger partial charge in [-0.1, -0.05) is 0 Å². The number of hydrogen-bond acceptors (Lipinski definition) is 3. The topological polar surface area (TPSA) is 42.7 Å². The Balaban J connectivity index is 2.17. The van der Waals surface area contributed by atoms with Crippen LogP contribution in [-0.4, -0.2) is 21.1 Å². The van der Waals surface area contributed by atoms with Crippen molar-refractivity contribution in [2.45, 2.75) is 18.9 Å². The molecule has 78 valence electrons. The van der Waals surface area contributed by atoms with Crippen molar-refractivity contribution in [3.8, 4) is 0 Å². The highest BCUT2D eigenvalue weighted by Crippen LogP contribution is 2.27. The third-order valence-corrected chi connectivity index (χ3v) is 3.07. The predicted molar refractivity (Wildman–Crippen MR) is 58.5 cm³/mol. The summed E-state index contributed by atoms with van der Waals surface area (Å²) < 4.78 is 1.97. The molecule has 1 aliphatic rings. The summed E-state index contributed by atoms with van der Waals surface area (Å²) in [5.74, 6) is 0. The van der Waals surface area contributed by atoms with Crippen LogP contribution in [0.1, 0.15) is 24.4 Å². The molecule has 3 rings (SSSR count). The van der Waals surface area contributed by atoms with E-state index in [1.54, 1.807) is 0 Å². The van der Waals surface area contributed by atoms with Gasteiger partial charge >= 0.3 is 0 Å². The van der Waals surface area contributed by atoms with Gasteiger partial charge in [0.2, 0.25) is 0 Å². The van der Waals surface area contributed by atoms with E-state index in [-0.39, 0.29) is 0 Å². The molecule has 0 aliphatic carbocycles. The zero-order chi connectivity index (χ0) is 10.3. The Morgan fingerprint density at radius 1 is 1.47 bits per heavy atom. The van der Waals surface area contributed by atoms with Gasteiger partial charge < -0.3 is 9.88 Å². The number of fused-ring (bicyclic) bond motifs is 1. The van der Waals surface area contributed by atoms with Crippen LogP contribution in [0.25, 0.3) is 11.2 Å². The van der Waals surface area contributed by atoms with Crippen molar-refractivity contribution in [1.29, 1.82) is 0 Å². The maximum absolute atomic E-state index is 4.42. The van der Waals surface area contributed by atoms with Crippen LogP contribution >= 0.6 is 0 Å². The number of pyridine rings is 1. The summed E-state index contributed by atoms with van der Waals surface area (Å²) in [6.45, 7) is 1.11. The van der Waals surface area contributed by atoms with E-state index in [4.69, 9.17) is 0 Å². The molecule has 3 heterocycles. The summed E-state index contributed by atoms with van der Waals surface area (Å²) >= 11 is 0. The van der Waals surface area contributed by atoms with E-state index in [0.29, 0.717) is 6.04 Å². The highest BCUT2D eigenvalue weighted by Gasteiger charge is 2.19. The lowest BCUT2D eigenvalue weighted by Crippen LogP contribution is -2.13. The molecular formula is C11H14N4. The Kier molecular flexibility index (Phi) is 1.95. The SMILES string of the molecule is Cn1cnc2c(C3CCCN3)ccnc21. The summed E-state index contributed by atoms with van der Waals surface area (Å²) in [4.78, 5) is 8.77. The first-order valence-electron chi connectivity index (χ1n) is 5.35. The zero-order valence-electron chi connectivity index (χ0n) is 8.77. The summed E-state index contributed by atoms with van der Waals surface area (Å²) in [6, 6.07) is 2.54. The Morgan fingerprint density at radius 2 is 2.40 bits per heavy atom. The van der Waals surface area contributed by atoms with Crippen molar-refractivity contribution >= 4 is 11.2 Å². The monoisotopic (exact) mass is 202 g/mol. The van der Waals surface area contributed by atoms with Gasteiger partial charge in [0.05, 0.1) is 6.33 Å². The number of rotatable bonds is 1. The van der Waals surface area contributed by atoms with E-state index in [1.807, 2.05) is 24.1 Å². The van der Waals surface area contributed by atoms with Crippen LogP contribution < -0.4 is 5.32 Å². The normalized spacial score (nSPS) is 21.3. The van der Waals surface area contributed by atoms with Crippen molar-refractivity contribution in [3.63, 3.8) is 0 Å². The number of aromatic nitrogens is 3. The first-order chi connectivity index (χ1) is 7.36. The lowest BCUT2D eigenvalue weighted by molar-refractivity contribution is 0.651. The Hall–Kier alpha value is -1.42. The van der Waals surface area contributed by atoms with Gasteiger partial charge in [-0.05, 0) is 25.5 Å². The maximum atomic E-state index is 4.42. The quantitative estimate of drug-likeness (QED) is 0.760. The molecule has 0 bridgehead atoms. The molecule has 0 saturated carbocycles. The molecule has 0 spiro atoms. The van der Waals surface area contributed by atoms with E-state index < -0.39 is 0 Å². The fourth-order valence-electron chi connectivity index (χ4n) is 2.28. The molecule has 1 saturated heterocycles. The molecular weight excluding hydrogens is 188 g/mol. The molecule has 15 heavy (non-hydrogen) atoms. The van der Waals surface area contributed by atoms with Gasteiger partial charge in [0.25, 0.3) is 0 Å². The molecule has 4 heteroatoms. The van der Waals surface area contributed by atoms with E-state index in [2.05, 4.69) is 21.4 Å². The second-order valence-electron chi connectivity index (χ2n) is 4.08. The lowest BCUT2D eigenvalue weighted by Gasteiger charge is -2.10. The molecule has 0 radical (unpaired) electrons. The minimum atomic E-state index is 0.463. The fraction of sp³-hybridized carbons (Fsp3) is 0.455. The van der Waals surface area contributed by atoms with Gasteiger partial charge in [0, 0.05) is 24.8 Å².